The van der Waals surface area contributed by atoms with Crippen LogP contribution in [0.25, 0.3) is 0 Å². The van der Waals surface area contributed by atoms with Crippen molar-refractivity contribution in [2.75, 3.05) is 5.32 Å². The van der Waals surface area contributed by atoms with Gasteiger partial charge in [0.15, 0.2) is 0 Å². The van der Waals surface area contributed by atoms with Gasteiger partial charge in [-0.1, -0.05) is 111 Å². The summed E-state index contributed by atoms with van der Waals surface area (Å²) in [5.74, 6) is 0.234. The molecule has 5 aromatic rings. The van der Waals surface area contributed by atoms with Crippen LogP contribution in [0.4, 0.5) is 5.69 Å². The third kappa shape index (κ3) is 5.19. The maximum Gasteiger partial charge on any atom is 0.259 e. The van der Waals surface area contributed by atoms with Gasteiger partial charge in [0.05, 0.1) is 11.7 Å². The van der Waals surface area contributed by atoms with Crippen LogP contribution in [0.5, 0.6) is 0 Å². The topological polar surface area (TPSA) is 29.1 Å². The molecule has 0 atom stereocenters. The van der Waals surface area contributed by atoms with Crippen LogP contribution in [-0.4, -0.2) is 5.91 Å². The number of anilines is 1. The molecule has 0 bridgehead atoms. The number of carbonyl (C=O) groups is 1. The van der Waals surface area contributed by atoms with Crippen molar-refractivity contribution in [1.29, 1.82) is 0 Å². The predicted molar refractivity (Wildman–Crippen MR) is 164 cm³/mol. The van der Waals surface area contributed by atoms with E-state index in [4.69, 9.17) is 0 Å². The van der Waals surface area contributed by atoms with Crippen molar-refractivity contribution in [3.63, 3.8) is 0 Å². The van der Waals surface area contributed by atoms with Gasteiger partial charge in [-0.05, 0) is 59.5 Å². The van der Waals surface area contributed by atoms with Crippen molar-refractivity contribution in [1.82, 2.24) is 0 Å². The molecule has 38 heavy (non-hydrogen) atoms. The molecule has 1 amide bonds. The third-order valence-electron chi connectivity index (χ3n) is 7.05. The first-order valence-electron chi connectivity index (χ1n) is 13.1. The predicted octanol–water partition coefficient (Wildman–Crippen LogP) is 7.56. The fourth-order valence-corrected chi connectivity index (χ4v) is 9.66. The van der Waals surface area contributed by atoms with E-state index >= 15 is 0 Å². The Balaban J connectivity index is 1.72. The van der Waals surface area contributed by atoms with Gasteiger partial charge in [0, 0.05) is 5.69 Å². The first kappa shape index (κ1) is 25.6. The van der Waals surface area contributed by atoms with Crippen LogP contribution in [0.3, 0.4) is 0 Å². The molecule has 0 aliphatic heterocycles. The standard InChI is InChI=1S/C35H32NOP/c1-27(2)31-22-12-14-24-33(31)36-35(37)32-23-13-15-25-34(32)38(29-18-8-4-9-19-29,30-20-10-5-11-21-30)26-28-16-6-3-7-17-28/h3-25,27H,26H2,1-2H3/p+1. The van der Waals surface area contributed by atoms with E-state index in [0.29, 0.717) is 5.92 Å². The van der Waals surface area contributed by atoms with E-state index in [-0.39, 0.29) is 5.91 Å². The number of nitrogens with one attached hydrogen (secondary N) is 1. The Labute approximate surface area is 226 Å². The van der Waals surface area contributed by atoms with Gasteiger partial charge in [-0.3, -0.25) is 4.79 Å². The quantitative estimate of drug-likeness (QED) is 0.213. The Bertz CT molecular complexity index is 1460. The van der Waals surface area contributed by atoms with Crippen LogP contribution in [0.15, 0.2) is 140 Å². The zero-order valence-electron chi connectivity index (χ0n) is 21.9. The van der Waals surface area contributed by atoms with E-state index in [2.05, 4.69) is 128 Å². The molecule has 0 spiro atoms. The lowest BCUT2D eigenvalue weighted by molar-refractivity contribution is 0.102. The summed E-state index contributed by atoms with van der Waals surface area (Å²) in [6.45, 7) is 4.31. The highest BCUT2D eigenvalue weighted by atomic mass is 31.2. The Morgan fingerprint density at radius 2 is 1.13 bits per heavy atom. The number of hydrogen-bond acceptors (Lipinski definition) is 1. The number of rotatable bonds is 8. The van der Waals surface area contributed by atoms with Gasteiger partial charge in [0.1, 0.15) is 23.2 Å². The van der Waals surface area contributed by atoms with Gasteiger partial charge in [-0.2, -0.15) is 0 Å². The van der Waals surface area contributed by atoms with Crippen LogP contribution in [0.1, 0.15) is 41.3 Å². The second-order valence-electron chi connectivity index (χ2n) is 9.84. The van der Waals surface area contributed by atoms with Crippen molar-refractivity contribution in [2.24, 2.45) is 0 Å². The van der Waals surface area contributed by atoms with Crippen LogP contribution in [-0.2, 0) is 6.16 Å². The van der Waals surface area contributed by atoms with E-state index in [1.807, 2.05) is 30.3 Å². The SMILES string of the molecule is CC(C)c1ccccc1NC(=O)c1ccccc1[P+](Cc1ccccc1)(c1ccccc1)c1ccccc1. The molecule has 5 rings (SSSR count). The van der Waals surface area contributed by atoms with Crippen molar-refractivity contribution in [3.8, 4) is 0 Å². The van der Waals surface area contributed by atoms with Gasteiger partial charge in [0.2, 0.25) is 0 Å². The molecule has 0 aliphatic carbocycles. The van der Waals surface area contributed by atoms with Gasteiger partial charge < -0.3 is 5.32 Å². The van der Waals surface area contributed by atoms with Gasteiger partial charge >= 0.3 is 0 Å². The lowest BCUT2D eigenvalue weighted by Crippen LogP contribution is -2.36. The number of amides is 1. The number of para-hydroxylation sites is 1. The molecular formula is C35H33NOP+. The molecule has 2 nitrogen and oxygen atoms in total. The summed E-state index contributed by atoms with van der Waals surface area (Å²) in [6.07, 6.45) is 0.828. The van der Waals surface area contributed by atoms with E-state index in [0.717, 1.165) is 28.3 Å². The molecule has 1 N–H and O–H groups in total. The Hall–Kier alpha value is -4.00. The smallest absolute Gasteiger partial charge is 0.259 e. The number of benzene rings is 5. The monoisotopic (exact) mass is 514 g/mol. The Kier molecular flexibility index (Phi) is 7.82. The molecule has 0 saturated heterocycles. The van der Waals surface area contributed by atoms with E-state index in [1.165, 1.54) is 16.2 Å². The van der Waals surface area contributed by atoms with Gasteiger partial charge in [-0.15, -0.1) is 0 Å². The molecular weight excluding hydrogens is 481 g/mol. The summed E-state index contributed by atoms with van der Waals surface area (Å²) >= 11 is 0. The highest BCUT2D eigenvalue weighted by molar-refractivity contribution is 7.95. The van der Waals surface area contributed by atoms with Crippen LogP contribution < -0.4 is 21.2 Å². The minimum absolute atomic E-state index is 0.0713. The fraction of sp³-hybridized carbons (Fsp3) is 0.114. The maximum atomic E-state index is 14.1. The lowest BCUT2D eigenvalue weighted by atomic mass is 10.0. The summed E-state index contributed by atoms with van der Waals surface area (Å²) in [6, 6.07) is 48.4. The average Bonchev–Trinajstić information content (AvgIpc) is 2.97. The summed E-state index contributed by atoms with van der Waals surface area (Å²) in [7, 11) is -2.26. The molecule has 188 valence electrons. The zero-order valence-corrected chi connectivity index (χ0v) is 22.8. The number of carbonyl (C=O) groups excluding carboxylic acids is 1. The molecule has 5 aromatic carbocycles. The molecule has 0 heterocycles. The third-order valence-corrected chi connectivity index (χ3v) is 11.5. The summed E-state index contributed by atoms with van der Waals surface area (Å²) < 4.78 is 0. The normalized spacial score (nSPS) is 11.3. The second kappa shape index (κ2) is 11.6. The van der Waals surface area contributed by atoms with Crippen molar-refractivity contribution < 1.29 is 4.79 Å². The van der Waals surface area contributed by atoms with Crippen molar-refractivity contribution in [3.05, 3.63) is 156 Å². The second-order valence-corrected chi connectivity index (χ2v) is 13.3. The summed E-state index contributed by atoms with van der Waals surface area (Å²) in [4.78, 5) is 14.1. The fourth-order valence-electron chi connectivity index (χ4n) is 5.22. The van der Waals surface area contributed by atoms with Crippen LogP contribution in [0.2, 0.25) is 0 Å². The first-order valence-corrected chi connectivity index (χ1v) is 15.1. The van der Waals surface area contributed by atoms with Gasteiger partial charge in [0.25, 0.3) is 5.91 Å². The summed E-state index contributed by atoms with van der Waals surface area (Å²) in [5.41, 5.74) is 3.99. The molecule has 0 saturated carbocycles. The average molecular weight is 515 g/mol. The van der Waals surface area contributed by atoms with Gasteiger partial charge in [-0.25, -0.2) is 0 Å². The highest BCUT2D eigenvalue weighted by Crippen LogP contribution is 2.58. The molecule has 0 radical (unpaired) electrons. The Morgan fingerprint density at radius 1 is 0.632 bits per heavy atom. The molecule has 0 fully saturated rings. The van der Waals surface area contributed by atoms with Crippen molar-refractivity contribution >= 4 is 34.8 Å². The number of hydrogen-bond donors (Lipinski definition) is 1. The first-order chi connectivity index (χ1) is 18.6. The molecule has 3 heteroatoms. The molecule has 0 unspecified atom stereocenters. The minimum Gasteiger partial charge on any atom is -0.322 e. The van der Waals surface area contributed by atoms with Crippen LogP contribution in [0, 0.1) is 0 Å². The lowest BCUT2D eigenvalue weighted by Gasteiger charge is -2.29. The van der Waals surface area contributed by atoms with E-state index < -0.39 is 7.26 Å². The summed E-state index contributed by atoms with van der Waals surface area (Å²) in [5, 5.41) is 6.89. The maximum absolute atomic E-state index is 14.1. The van der Waals surface area contributed by atoms with Crippen molar-refractivity contribution in [2.45, 2.75) is 25.9 Å². The van der Waals surface area contributed by atoms with E-state index in [1.54, 1.807) is 0 Å². The van der Waals surface area contributed by atoms with E-state index in [9.17, 15) is 4.79 Å². The van der Waals surface area contributed by atoms with Crippen LogP contribution >= 0.6 is 7.26 Å². The Morgan fingerprint density at radius 3 is 1.74 bits per heavy atom. The largest absolute Gasteiger partial charge is 0.322 e. The molecule has 0 aromatic heterocycles. The molecule has 0 aliphatic rings. The zero-order chi connectivity index (χ0) is 26.4. The highest BCUT2D eigenvalue weighted by Gasteiger charge is 2.47. The minimum atomic E-state index is -2.26.